The summed E-state index contributed by atoms with van der Waals surface area (Å²) < 4.78 is 11.2. The maximum atomic E-state index is 11.5. The molecule has 1 heterocycles. The molecule has 2 rings (SSSR count). The van der Waals surface area contributed by atoms with E-state index in [1.807, 2.05) is 0 Å². The Bertz CT molecular complexity index is 651. The summed E-state index contributed by atoms with van der Waals surface area (Å²) >= 11 is 3.30. The normalized spacial score (nSPS) is 10.4. The first-order valence-corrected chi connectivity index (χ1v) is 7.11. The van der Waals surface area contributed by atoms with Gasteiger partial charge in [-0.15, -0.1) is 0 Å². The van der Waals surface area contributed by atoms with E-state index >= 15 is 0 Å². The van der Waals surface area contributed by atoms with Gasteiger partial charge in [-0.25, -0.2) is 0 Å². The van der Waals surface area contributed by atoms with Crippen LogP contribution in [-0.4, -0.2) is 18.4 Å². The summed E-state index contributed by atoms with van der Waals surface area (Å²) in [5.74, 6) is 0.151. The van der Waals surface area contributed by atoms with Crippen molar-refractivity contribution in [3.05, 3.63) is 59.0 Å². The molecule has 1 aromatic heterocycles. The van der Waals surface area contributed by atoms with Gasteiger partial charge >= 0.3 is 0 Å². The minimum Gasteiger partial charge on any atom is -0.484 e. The van der Waals surface area contributed by atoms with Crippen LogP contribution in [0.2, 0.25) is 0 Å². The van der Waals surface area contributed by atoms with Gasteiger partial charge < -0.3 is 9.15 Å². The molecule has 2 amide bonds. The van der Waals surface area contributed by atoms with Crippen LogP contribution in [0.3, 0.4) is 0 Å². The van der Waals surface area contributed by atoms with E-state index in [9.17, 15) is 9.59 Å². The molecule has 0 unspecified atom stereocenters. The zero-order valence-corrected chi connectivity index (χ0v) is 13.0. The number of benzene rings is 1. The monoisotopic (exact) mass is 364 g/mol. The third-order valence-electron chi connectivity index (χ3n) is 2.45. The van der Waals surface area contributed by atoms with Gasteiger partial charge in [-0.05, 0) is 42.5 Å². The summed E-state index contributed by atoms with van der Waals surface area (Å²) in [5.41, 5.74) is 4.48. The van der Waals surface area contributed by atoms with Gasteiger partial charge in [-0.2, -0.15) is 0 Å². The number of carbonyl (C=O) groups is 2. The number of amides is 2. The second kappa shape index (κ2) is 8.04. The molecule has 7 heteroatoms. The maximum Gasteiger partial charge on any atom is 0.276 e. The Balaban J connectivity index is 1.68. The minimum absolute atomic E-state index is 0.205. The zero-order chi connectivity index (χ0) is 15.8. The molecule has 0 bridgehead atoms. The van der Waals surface area contributed by atoms with Gasteiger partial charge in [0.15, 0.2) is 6.61 Å². The van der Waals surface area contributed by atoms with Gasteiger partial charge in [-0.1, -0.05) is 15.9 Å². The van der Waals surface area contributed by atoms with Crippen molar-refractivity contribution in [1.29, 1.82) is 0 Å². The van der Waals surface area contributed by atoms with Crippen LogP contribution >= 0.6 is 15.9 Å². The summed E-state index contributed by atoms with van der Waals surface area (Å²) in [4.78, 5) is 23.0. The molecule has 0 atom stereocenters. The lowest BCUT2D eigenvalue weighted by atomic mass is 10.3. The Morgan fingerprint density at radius 3 is 2.64 bits per heavy atom. The van der Waals surface area contributed by atoms with Crippen LogP contribution in [0.25, 0.3) is 6.08 Å². The summed E-state index contributed by atoms with van der Waals surface area (Å²) in [6, 6.07) is 10.5. The van der Waals surface area contributed by atoms with Crippen molar-refractivity contribution in [2.75, 3.05) is 6.61 Å². The fourth-order valence-corrected chi connectivity index (χ4v) is 1.70. The van der Waals surface area contributed by atoms with E-state index < -0.39 is 11.8 Å². The fourth-order valence-electron chi connectivity index (χ4n) is 1.43. The third kappa shape index (κ3) is 5.45. The standard InChI is InChI=1S/C15H13BrN2O4/c16-11-3-5-13(6-4-11)22-10-15(20)18-17-14(19)8-7-12-2-1-9-21-12/h1-9H,10H2,(H,17,19)(H,18,20)/b8-7+. The van der Waals surface area contributed by atoms with E-state index in [1.165, 1.54) is 18.4 Å². The second-order valence-corrected chi connectivity index (χ2v) is 5.04. The lowest BCUT2D eigenvalue weighted by Gasteiger charge is -2.07. The Morgan fingerprint density at radius 2 is 1.95 bits per heavy atom. The minimum atomic E-state index is -0.478. The fraction of sp³-hybridized carbons (Fsp3) is 0.0667. The highest BCUT2D eigenvalue weighted by Crippen LogP contribution is 2.15. The molecule has 0 spiro atoms. The van der Waals surface area contributed by atoms with Gasteiger partial charge in [-0.3, -0.25) is 20.4 Å². The molecule has 0 fully saturated rings. The molecule has 0 saturated heterocycles. The molecular formula is C15H13BrN2O4. The Hall–Kier alpha value is -2.54. The molecule has 6 nitrogen and oxygen atoms in total. The highest BCUT2D eigenvalue weighted by Gasteiger charge is 2.04. The van der Waals surface area contributed by atoms with Crippen molar-refractivity contribution in [2.24, 2.45) is 0 Å². The van der Waals surface area contributed by atoms with E-state index in [0.29, 0.717) is 11.5 Å². The summed E-state index contributed by atoms with van der Waals surface area (Å²) in [6.45, 7) is -0.205. The Kier molecular flexibility index (Phi) is 5.79. The molecule has 114 valence electrons. The number of furan rings is 1. The van der Waals surface area contributed by atoms with E-state index in [-0.39, 0.29) is 6.61 Å². The molecule has 1 aromatic carbocycles. The number of ether oxygens (including phenoxy) is 1. The number of hydrogen-bond acceptors (Lipinski definition) is 4. The van der Waals surface area contributed by atoms with Crippen LogP contribution in [0.5, 0.6) is 5.75 Å². The second-order valence-electron chi connectivity index (χ2n) is 4.13. The molecule has 22 heavy (non-hydrogen) atoms. The zero-order valence-electron chi connectivity index (χ0n) is 11.4. The topological polar surface area (TPSA) is 80.6 Å². The van der Waals surface area contributed by atoms with Crippen LogP contribution in [0.15, 0.2) is 57.6 Å². The highest BCUT2D eigenvalue weighted by molar-refractivity contribution is 9.10. The van der Waals surface area contributed by atoms with E-state index in [2.05, 4.69) is 26.8 Å². The van der Waals surface area contributed by atoms with Gasteiger partial charge in [0.1, 0.15) is 11.5 Å². The average molecular weight is 365 g/mol. The summed E-state index contributed by atoms with van der Waals surface area (Å²) in [7, 11) is 0. The average Bonchev–Trinajstić information content (AvgIpc) is 3.04. The lowest BCUT2D eigenvalue weighted by Crippen LogP contribution is -2.43. The predicted molar refractivity (Wildman–Crippen MR) is 83.7 cm³/mol. The van der Waals surface area contributed by atoms with Crippen LogP contribution in [-0.2, 0) is 9.59 Å². The smallest absolute Gasteiger partial charge is 0.276 e. The van der Waals surface area contributed by atoms with Crippen LogP contribution < -0.4 is 15.6 Å². The molecule has 0 aliphatic heterocycles. The Morgan fingerprint density at radius 1 is 1.18 bits per heavy atom. The molecule has 2 N–H and O–H groups in total. The van der Waals surface area contributed by atoms with E-state index in [0.717, 1.165) is 4.47 Å². The number of nitrogens with one attached hydrogen (secondary N) is 2. The van der Waals surface area contributed by atoms with Crippen molar-refractivity contribution in [2.45, 2.75) is 0 Å². The quantitative estimate of drug-likeness (QED) is 0.629. The van der Waals surface area contributed by atoms with E-state index in [1.54, 1.807) is 36.4 Å². The van der Waals surface area contributed by atoms with Crippen molar-refractivity contribution < 1.29 is 18.7 Å². The van der Waals surface area contributed by atoms with Gasteiger partial charge in [0.25, 0.3) is 11.8 Å². The molecule has 0 aliphatic carbocycles. The SMILES string of the molecule is O=C(/C=C/c1ccco1)NNC(=O)COc1ccc(Br)cc1. The Labute approximate surface area is 135 Å². The molecule has 0 saturated carbocycles. The lowest BCUT2D eigenvalue weighted by molar-refractivity contribution is -0.128. The molecule has 0 aliphatic rings. The predicted octanol–water partition coefficient (Wildman–Crippen LogP) is 2.28. The highest BCUT2D eigenvalue weighted by atomic mass is 79.9. The van der Waals surface area contributed by atoms with Gasteiger partial charge in [0.2, 0.25) is 0 Å². The largest absolute Gasteiger partial charge is 0.484 e. The van der Waals surface area contributed by atoms with Crippen LogP contribution in [0.4, 0.5) is 0 Å². The molecular weight excluding hydrogens is 352 g/mol. The number of halogens is 1. The molecule has 2 aromatic rings. The van der Waals surface area contributed by atoms with Crippen LogP contribution in [0, 0.1) is 0 Å². The maximum absolute atomic E-state index is 11.5. The first kappa shape index (κ1) is 15.8. The van der Waals surface area contributed by atoms with Crippen molar-refractivity contribution in [3.63, 3.8) is 0 Å². The summed E-state index contributed by atoms with van der Waals surface area (Å²) in [6.07, 6.45) is 4.23. The first-order chi connectivity index (χ1) is 10.6. The number of hydrazine groups is 1. The van der Waals surface area contributed by atoms with E-state index in [4.69, 9.17) is 9.15 Å². The van der Waals surface area contributed by atoms with Crippen molar-refractivity contribution in [1.82, 2.24) is 10.9 Å². The van der Waals surface area contributed by atoms with Crippen molar-refractivity contribution in [3.8, 4) is 5.75 Å². The molecule has 0 radical (unpaired) electrons. The van der Waals surface area contributed by atoms with Crippen LogP contribution in [0.1, 0.15) is 5.76 Å². The third-order valence-corrected chi connectivity index (χ3v) is 2.98. The number of carbonyl (C=O) groups excluding carboxylic acids is 2. The van der Waals surface area contributed by atoms with Gasteiger partial charge in [0, 0.05) is 10.5 Å². The number of rotatable bonds is 5. The summed E-state index contributed by atoms with van der Waals surface area (Å²) in [5, 5.41) is 0. The number of hydrogen-bond donors (Lipinski definition) is 2. The van der Waals surface area contributed by atoms with Crippen molar-refractivity contribution >= 4 is 33.8 Å². The first-order valence-electron chi connectivity index (χ1n) is 6.32. The van der Waals surface area contributed by atoms with Gasteiger partial charge in [0.05, 0.1) is 6.26 Å².